The number of nitrogens with zero attached hydrogens (tertiary/aromatic N) is 2. The van der Waals surface area contributed by atoms with E-state index >= 15 is 0 Å². The number of H-pyrrole nitrogens is 2. The molecule has 0 atom stereocenters. The van der Waals surface area contributed by atoms with Gasteiger partial charge in [0.25, 0.3) is 17.7 Å². The highest BCUT2D eigenvalue weighted by atomic mass is 35.5. The minimum atomic E-state index is -0.241. The first-order chi connectivity index (χ1) is 21.9. The van der Waals surface area contributed by atoms with Gasteiger partial charge in [-0.25, -0.2) is 0 Å². The zero-order valence-electron chi connectivity index (χ0n) is 25.3. The van der Waals surface area contributed by atoms with Crippen LogP contribution in [-0.4, -0.2) is 52.7 Å². The van der Waals surface area contributed by atoms with Crippen molar-refractivity contribution in [2.75, 3.05) is 30.2 Å². The van der Waals surface area contributed by atoms with Crippen molar-refractivity contribution in [1.29, 1.82) is 0 Å². The van der Waals surface area contributed by atoms with Crippen molar-refractivity contribution in [1.82, 2.24) is 15.0 Å². The molecule has 0 saturated carbocycles. The Morgan fingerprint density at radius 2 is 1.60 bits per heavy atom. The summed E-state index contributed by atoms with van der Waals surface area (Å²) in [6.45, 7) is 4.52. The van der Waals surface area contributed by atoms with Gasteiger partial charge in [-0.3, -0.25) is 14.4 Å². The lowest BCUT2D eigenvalue weighted by atomic mass is 9.96. The fourth-order valence-electron chi connectivity index (χ4n) is 6.02. The van der Waals surface area contributed by atoms with Gasteiger partial charge in [-0.15, -0.1) is 11.6 Å². The SMILES string of the molecule is CC.CCl.CN1Oc2cc3c(c4cccc(c24)C1=O)CCN3C(=O)c1cc2cc(NC(=O)c3cc4ccccc4[nH]3)ccc2[nH]1. The van der Waals surface area contributed by atoms with Crippen LogP contribution in [0.1, 0.15) is 50.7 Å². The second-order valence-electron chi connectivity index (χ2n) is 10.4. The number of nitrogens with one attached hydrogen (secondary N) is 3. The molecule has 8 rings (SSSR count). The molecule has 3 amide bonds. The number of anilines is 2. The van der Waals surface area contributed by atoms with Crippen LogP contribution in [0.5, 0.6) is 5.75 Å². The normalized spacial score (nSPS) is 13.1. The highest BCUT2D eigenvalue weighted by molar-refractivity contribution is 6.16. The van der Waals surface area contributed by atoms with Gasteiger partial charge in [0.1, 0.15) is 11.4 Å². The minimum absolute atomic E-state index is 0.161. The van der Waals surface area contributed by atoms with Gasteiger partial charge >= 0.3 is 0 Å². The summed E-state index contributed by atoms with van der Waals surface area (Å²) in [5.41, 5.74) is 5.64. The van der Waals surface area contributed by atoms with E-state index in [1.165, 1.54) is 11.4 Å². The zero-order chi connectivity index (χ0) is 31.8. The Balaban J connectivity index is 0.000000860. The lowest BCUT2D eigenvalue weighted by molar-refractivity contribution is -0.0156. The van der Waals surface area contributed by atoms with E-state index in [0.717, 1.165) is 43.8 Å². The Morgan fingerprint density at radius 3 is 2.40 bits per heavy atom. The van der Waals surface area contributed by atoms with Crippen molar-refractivity contribution in [2.24, 2.45) is 0 Å². The average molecular weight is 622 g/mol. The van der Waals surface area contributed by atoms with Crippen molar-refractivity contribution in [3.05, 3.63) is 101 Å². The monoisotopic (exact) mass is 621 g/mol. The third-order valence-electron chi connectivity index (χ3n) is 7.97. The third kappa shape index (κ3) is 5.05. The number of hydrogen-bond acceptors (Lipinski definition) is 4. The molecule has 0 unspecified atom stereocenters. The summed E-state index contributed by atoms with van der Waals surface area (Å²) >= 11 is 4.64. The van der Waals surface area contributed by atoms with Crippen molar-refractivity contribution >= 4 is 73.3 Å². The molecule has 45 heavy (non-hydrogen) atoms. The number of carbonyl (C=O) groups is 3. The molecule has 2 aliphatic heterocycles. The largest absolute Gasteiger partial charge is 0.376 e. The van der Waals surface area contributed by atoms with E-state index < -0.39 is 0 Å². The molecule has 0 spiro atoms. The summed E-state index contributed by atoms with van der Waals surface area (Å²) in [7, 11) is 1.58. The van der Waals surface area contributed by atoms with E-state index in [2.05, 4.69) is 26.9 Å². The maximum absolute atomic E-state index is 13.8. The average Bonchev–Trinajstić information content (AvgIpc) is 3.82. The van der Waals surface area contributed by atoms with Crippen molar-refractivity contribution in [2.45, 2.75) is 20.3 Å². The molecule has 4 aromatic carbocycles. The number of aromatic amines is 2. The number of para-hydroxylation sites is 1. The van der Waals surface area contributed by atoms with Crippen LogP contribution in [0.3, 0.4) is 0 Å². The number of hydroxylamine groups is 2. The minimum Gasteiger partial charge on any atom is -0.376 e. The molecule has 0 radical (unpaired) electrons. The highest BCUT2D eigenvalue weighted by Gasteiger charge is 2.33. The van der Waals surface area contributed by atoms with Crippen LogP contribution in [0, 0.1) is 0 Å². The zero-order valence-corrected chi connectivity index (χ0v) is 26.1. The Labute approximate surface area is 264 Å². The van der Waals surface area contributed by atoms with E-state index in [0.29, 0.717) is 41.4 Å². The predicted octanol–water partition coefficient (Wildman–Crippen LogP) is 7.52. The van der Waals surface area contributed by atoms with Gasteiger partial charge < -0.3 is 25.0 Å². The summed E-state index contributed by atoms with van der Waals surface area (Å²) in [4.78, 5) is 53.2. The summed E-state index contributed by atoms with van der Waals surface area (Å²) in [6, 6.07) is 24.4. The number of fused-ring (bicyclic) bond motifs is 4. The maximum Gasteiger partial charge on any atom is 0.286 e. The van der Waals surface area contributed by atoms with Gasteiger partial charge in [0.15, 0.2) is 5.75 Å². The van der Waals surface area contributed by atoms with Gasteiger partial charge in [0, 0.05) is 58.9 Å². The molecule has 0 aliphatic carbocycles. The second kappa shape index (κ2) is 12.0. The Morgan fingerprint density at radius 1 is 0.867 bits per heavy atom. The van der Waals surface area contributed by atoms with Crippen LogP contribution in [0.2, 0.25) is 0 Å². The van der Waals surface area contributed by atoms with Gasteiger partial charge in [0.2, 0.25) is 0 Å². The van der Waals surface area contributed by atoms with Gasteiger partial charge in [-0.05, 0) is 59.8 Å². The van der Waals surface area contributed by atoms with E-state index in [1.54, 1.807) is 24.1 Å². The number of halogens is 1. The van der Waals surface area contributed by atoms with E-state index in [9.17, 15) is 14.4 Å². The van der Waals surface area contributed by atoms with E-state index in [-0.39, 0.29) is 17.7 Å². The topological polar surface area (TPSA) is 111 Å². The number of rotatable bonds is 3. The van der Waals surface area contributed by atoms with Crippen LogP contribution in [0.4, 0.5) is 11.4 Å². The number of amides is 3. The first-order valence-corrected chi connectivity index (χ1v) is 15.5. The van der Waals surface area contributed by atoms with Gasteiger partial charge in [0.05, 0.1) is 11.3 Å². The van der Waals surface area contributed by atoms with Crippen molar-refractivity contribution in [3.63, 3.8) is 0 Å². The lowest BCUT2D eigenvalue weighted by Gasteiger charge is -2.27. The third-order valence-corrected chi connectivity index (χ3v) is 7.97. The molecule has 2 aliphatic rings. The summed E-state index contributed by atoms with van der Waals surface area (Å²) < 4.78 is 0. The molecular formula is C35H32ClN5O4. The van der Waals surface area contributed by atoms with Crippen LogP contribution < -0.4 is 15.1 Å². The van der Waals surface area contributed by atoms with Crippen LogP contribution >= 0.6 is 11.6 Å². The Kier molecular flexibility index (Phi) is 7.95. The number of hydrogen-bond donors (Lipinski definition) is 3. The molecule has 228 valence electrons. The first kappa shape index (κ1) is 29.8. The Hall–Kier alpha value is -5.28. The molecule has 0 saturated heterocycles. The van der Waals surface area contributed by atoms with Crippen molar-refractivity contribution < 1.29 is 19.2 Å². The molecule has 2 aromatic heterocycles. The molecule has 10 heteroatoms. The fourth-order valence-corrected chi connectivity index (χ4v) is 6.02. The molecule has 6 aromatic rings. The van der Waals surface area contributed by atoms with Crippen molar-refractivity contribution in [3.8, 4) is 5.75 Å². The number of aromatic nitrogens is 2. The van der Waals surface area contributed by atoms with Gasteiger partial charge in [-0.1, -0.05) is 44.2 Å². The molecule has 4 heterocycles. The summed E-state index contributed by atoms with van der Waals surface area (Å²) in [6.07, 6.45) is 2.15. The number of alkyl halides is 1. The van der Waals surface area contributed by atoms with Crippen LogP contribution in [0.15, 0.2) is 78.9 Å². The standard InChI is InChI=1S/C32H23N5O4.C2H6.CH3Cl/c1-36-31(39)22-7-4-6-21-20-11-12-37(27(20)16-28(41-36)29(21)22)32(40)26-15-18-13-19(9-10-24(18)35-26)33-30(38)25-14-17-5-2-3-8-23(17)34-25;2*1-2/h2-10,13-16,34-35H,11-12H2,1H3,(H,33,38);1-2H3;1H3. The molecular weight excluding hydrogens is 590 g/mol. The van der Waals surface area contributed by atoms with Gasteiger partial charge in [-0.2, -0.15) is 5.06 Å². The lowest BCUT2D eigenvalue weighted by Crippen LogP contribution is -2.33. The molecule has 0 bridgehead atoms. The Bertz CT molecular complexity index is 2080. The first-order valence-electron chi connectivity index (χ1n) is 14.7. The quantitative estimate of drug-likeness (QED) is 0.178. The molecule has 3 N–H and O–H groups in total. The van der Waals surface area contributed by atoms with E-state index in [1.807, 2.05) is 80.6 Å². The smallest absolute Gasteiger partial charge is 0.286 e. The highest BCUT2D eigenvalue weighted by Crippen LogP contribution is 2.44. The summed E-state index contributed by atoms with van der Waals surface area (Å²) in [5.74, 6) is -0.0337. The molecule has 0 fully saturated rings. The van der Waals surface area contributed by atoms with Crippen LogP contribution in [-0.2, 0) is 6.42 Å². The predicted molar refractivity (Wildman–Crippen MR) is 180 cm³/mol. The number of benzene rings is 4. The summed E-state index contributed by atoms with van der Waals surface area (Å²) in [5, 5.41) is 7.66. The van der Waals surface area contributed by atoms with E-state index in [4.69, 9.17) is 4.84 Å². The molecule has 9 nitrogen and oxygen atoms in total. The van der Waals surface area contributed by atoms with Crippen LogP contribution in [0.25, 0.3) is 32.6 Å². The maximum atomic E-state index is 13.8. The number of carbonyl (C=O) groups excluding carboxylic acids is 3. The fraction of sp³-hybridized carbons (Fsp3) is 0.171. The second-order valence-corrected chi connectivity index (χ2v) is 10.4.